The first-order valence-electron chi connectivity index (χ1n) is 7.36. The van der Waals surface area contributed by atoms with Gasteiger partial charge in [0.25, 0.3) is 0 Å². The molecular formula is C17H19N3. The largest absolute Gasteiger partial charge is 0.360 e. The number of fused-ring (bicyclic) bond motifs is 5. The molecule has 2 aromatic rings. The second-order valence-corrected chi connectivity index (χ2v) is 5.73. The average molecular weight is 265 g/mol. The van der Waals surface area contributed by atoms with E-state index in [1.165, 1.54) is 22.5 Å². The number of nitrogens with one attached hydrogen (secondary N) is 1. The highest BCUT2D eigenvalue weighted by atomic mass is 15.2. The molecule has 3 heterocycles. The predicted molar refractivity (Wildman–Crippen MR) is 81.0 cm³/mol. The van der Waals surface area contributed by atoms with Gasteiger partial charge in [-0.05, 0) is 30.2 Å². The van der Waals surface area contributed by atoms with Crippen molar-refractivity contribution in [3.05, 3.63) is 59.4 Å². The van der Waals surface area contributed by atoms with Crippen LogP contribution in [-0.2, 0) is 6.42 Å². The van der Waals surface area contributed by atoms with Gasteiger partial charge in [-0.3, -0.25) is 4.98 Å². The lowest BCUT2D eigenvalue weighted by Crippen LogP contribution is -2.51. The fraction of sp³-hybridized carbons (Fsp3) is 0.353. The standard InChI is InChI=1S/C17H19N3/c1-12-17-14-6-3-2-5-13(14)11-15-16(7-4-8-19-15)20(17)10-9-18-12/h2-8,12,17-18H,9-11H2,1H3. The average Bonchev–Trinajstić information content (AvgIpc) is 2.62. The number of hydrogen-bond acceptors (Lipinski definition) is 3. The highest BCUT2D eigenvalue weighted by molar-refractivity contribution is 5.58. The van der Waals surface area contributed by atoms with Crippen molar-refractivity contribution >= 4 is 5.69 Å². The van der Waals surface area contributed by atoms with Crippen molar-refractivity contribution in [3.8, 4) is 0 Å². The van der Waals surface area contributed by atoms with Gasteiger partial charge < -0.3 is 10.2 Å². The first-order chi connectivity index (χ1) is 9.84. The summed E-state index contributed by atoms with van der Waals surface area (Å²) in [6.45, 7) is 4.37. The highest BCUT2D eigenvalue weighted by Gasteiger charge is 2.34. The molecule has 2 aliphatic heterocycles. The number of benzene rings is 1. The van der Waals surface area contributed by atoms with E-state index in [4.69, 9.17) is 0 Å². The van der Waals surface area contributed by atoms with Gasteiger partial charge in [-0.2, -0.15) is 0 Å². The molecule has 0 bridgehead atoms. The van der Waals surface area contributed by atoms with Crippen molar-refractivity contribution in [1.82, 2.24) is 10.3 Å². The Hall–Kier alpha value is -1.87. The molecule has 0 saturated carbocycles. The van der Waals surface area contributed by atoms with E-state index in [2.05, 4.69) is 58.5 Å². The van der Waals surface area contributed by atoms with Gasteiger partial charge in [-0.25, -0.2) is 0 Å². The second-order valence-electron chi connectivity index (χ2n) is 5.73. The molecule has 102 valence electrons. The Bertz CT molecular complexity index is 638. The van der Waals surface area contributed by atoms with Crippen molar-refractivity contribution in [3.63, 3.8) is 0 Å². The van der Waals surface area contributed by atoms with Crippen LogP contribution in [0.5, 0.6) is 0 Å². The molecule has 4 rings (SSSR count). The van der Waals surface area contributed by atoms with Crippen LogP contribution in [0.1, 0.15) is 29.8 Å². The van der Waals surface area contributed by atoms with E-state index in [1.54, 1.807) is 0 Å². The first kappa shape index (κ1) is 11.9. The summed E-state index contributed by atoms with van der Waals surface area (Å²) in [7, 11) is 0. The van der Waals surface area contributed by atoms with Crippen LogP contribution in [0.3, 0.4) is 0 Å². The molecular weight excluding hydrogens is 246 g/mol. The summed E-state index contributed by atoms with van der Waals surface area (Å²) in [4.78, 5) is 7.17. The molecule has 0 amide bonds. The molecule has 1 saturated heterocycles. The Morgan fingerprint density at radius 2 is 2.10 bits per heavy atom. The lowest BCUT2D eigenvalue weighted by atomic mass is 9.92. The number of aromatic nitrogens is 1. The van der Waals surface area contributed by atoms with Crippen molar-refractivity contribution < 1.29 is 0 Å². The molecule has 2 aliphatic rings. The van der Waals surface area contributed by atoms with Crippen LogP contribution in [0.4, 0.5) is 5.69 Å². The molecule has 2 atom stereocenters. The lowest BCUT2D eigenvalue weighted by Gasteiger charge is -2.42. The van der Waals surface area contributed by atoms with E-state index in [0.29, 0.717) is 12.1 Å². The van der Waals surface area contributed by atoms with E-state index >= 15 is 0 Å². The van der Waals surface area contributed by atoms with Crippen LogP contribution in [-0.4, -0.2) is 24.1 Å². The first-order valence-corrected chi connectivity index (χ1v) is 7.36. The molecule has 1 N–H and O–H groups in total. The zero-order valence-electron chi connectivity index (χ0n) is 11.7. The SMILES string of the molecule is CC1NCCN2c3cccnc3Cc3ccccc3C12. The Morgan fingerprint density at radius 3 is 3.05 bits per heavy atom. The lowest BCUT2D eigenvalue weighted by molar-refractivity contribution is 0.393. The van der Waals surface area contributed by atoms with Gasteiger partial charge in [0, 0.05) is 31.7 Å². The van der Waals surface area contributed by atoms with Crippen LogP contribution in [0.2, 0.25) is 0 Å². The second kappa shape index (κ2) is 4.60. The Kier molecular flexibility index (Phi) is 2.74. The van der Waals surface area contributed by atoms with E-state index in [-0.39, 0.29) is 0 Å². The Morgan fingerprint density at radius 1 is 1.20 bits per heavy atom. The summed E-state index contributed by atoms with van der Waals surface area (Å²) in [5, 5.41) is 3.62. The summed E-state index contributed by atoms with van der Waals surface area (Å²) in [5.74, 6) is 0. The molecule has 0 spiro atoms. The van der Waals surface area contributed by atoms with Gasteiger partial charge in [0.2, 0.25) is 0 Å². The van der Waals surface area contributed by atoms with E-state index < -0.39 is 0 Å². The molecule has 3 heteroatoms. The Balaban J connectivity index is 1.94. The minimum Gasteiger partial charge on any atom is -0.360 e. The normalized spacial score (nSPS) is 24.4. The fourth-order valence-electron chi connectivity index (χ4n) is 3.63. The summed E-state index contributed by atoms with van der Waals surface area (Å²) in [6.07, 6.45) is 2.85. The number of rotatable bonds is 0. The molecule has 1 fully saturated rings. The molecule has 20 heavy (non-hydrogen) atoms. The monoisotopic (exact) mass is 265 g/mol. The van der Waals surface area contributed by atoms with Crippen molar-refractivity contribution in [2.75, 3.05) is 18.0 Å². The zero-order chi connectivity index (χ0) is 13.5. The van der Waals surface area contributed by atoms with Gasteiger partial charge in [0.15, 0.2) is 0 Å². The third kappa shape index (κ3) is 1.74. The summed E-state index contributed by atoms with van der Waals surface area (Å²) >= 11 is 0. The van der Waals surface area contributed by atoms with Gasteiger partial charge in [0.05, 0.1) is 17.4 Å². The maximum Gasteiger partial charge on any atom is 0.0696 e. The number of piperazine rings is 1. The summed E-state index contributed by atoms with van der Waals surface area (Å²) < 4.78 is 0. The van der Waals surface area contributed by atoms with Crippen molar-refractivity contribution in [2.24, 2.45) is 0 Å². The highest BCUT2D eigenvalue weighted by Crippen LogP contribution is 2.38. The van der Waals surface area contributed by atoms with Crippen LogP contribution >= 0.6 is 0 Å². The van der Waals surface area contributed by atoms with Crippen molar-refractivity contribution in [1.29, 1.82) is 0 Å². The van der Waals surface area contributed by atoms with Crippen LogP contribution in [0.25, 0.3) is 0 Å². The van der Waals surface area contributed by atoms with Gasteiger partial charge in [-0.1, -0.05) is 24.3 Å². The third-order valence-corrected chi connectivity index (χ3v) is 4.54. The van der Waals surface area contributed by atoms with E-state index in [0.717, 1.165) is 19.5 Å². The minimum absolute atomic E-state index is 0.408. The topological polar surface area (TPSA) is 28.2 Å². The third-order valence-electron chi connectivity index (χ3n) is 4.54. The molecule has 0 radical (unpaired) electrons. The molecule has 1 aromatic heterocycles. The number of pyridine rings is 1. The van der Waals surface area contributed by atoms with Gasteiger partial charge in [0.1, 0.15) is 0 Å². The molecule has 2 unspecified atom stereocenters. The van der Waals surface area contributed by atoms with Crippen LogP contribution in [0.15, 0.2) is 42.6 Å². The van der Waals surface area contributed by atoms with Crippen LogP contribution in [0, 0.1) is 0 Å². The maximum absolute atomic E-state index is 4.63. The summed E-state index contributed by atoms with van der Waals surface area (Å²) in [5.41, 5.74) is 5.37. The number of anilines is 1. The van der Waals surface area contributed by atoms with Gasteiger partial charge >= 0.3 is 0 Å². The fourth-order valence-corrected chi connectivity index (χ4v) is 3.63. The summed E-state index contributed by atoms with van der Waals surface area (Å²) in [6, 6.07) is 14.0. The zero-order valence-corrected chi connectivity index (χ0v) is 11.7. The maximum atomic E-state index is 4.63. The smallest absolute Gasteiger partial charge is 0.0696 e. The molecule has 0 aliphatic carbocycles. The van der Waals surface area contributed by atoms with E-state index in [9.17, 15) is 0 Å². The molecule has 3 nitrogen and oxygen atoms in total. The van der Waals surface area contributed by atoms with E-state index in [1.807, 2.05) is 6.20 Å². The van der Waals surface area contributed by atoms with Crippen molar-refractivity contribution in [2.45, 2.75) is 25.4 Å². The Labute approximate surface area is 119 Å². The predicted octanol–water partition coefficient (Wildman–Crippen LogP) is 2.53. The van der Waals surface area contributed by atoms with Crippen LogP contribution < -0.4 is 10.2 Å². The number of nitrogens with zero attached hydrogens (tertiary/aromatic N) is 2. The minimum atomic E-state index is 0.408. The quantitative estimate of drug-likeness (QED) is 0.793. The molecule has 1 aromatic carbocycles. The van der Waals surface area contributed by atoms with Gasteiger partial charge in [-0.15, -0.1) is 0 Å². The number of hydrogen-bond donors (Lipinski definition) is 1.